The first-order chi connectivity index (χ1) is 11.4. The smallest absolute Gasteiger partial charge is 0.411 e. The summed E-state index contributed by atoms with van der Waals surface area (Å²) in [6.45, 7) is 3.88. The van der Waals surface area contributed by atoms with Gasteiger partial charge in [0.1, 0.15) is 12.1 Å². The van der Waals surface area contributed by atoms with Crippen LogP contribution in [0.5, 0.6) is 0 Å². The van der Waals surface area contributed by atoms with Gasteiger partial charge in [0.2, 0.25) is 0 Å². The van der Waals surface area contributed by atoms with Crippen molar-refractivity contribution in [1.82, 2.24) is 4.90 Å². The normalized spacial score (nSPS) is 28.1. The first-order valence-electron chi connectivity index (χ1n) is 8.68. The fourth-order valence-electron chi connectivity index (χ4n) is 4.58. The minimum atomic E-state index is -1.11. The number of rotatable bonds is 5. The van der Waals surface area contributed by atoms with Crippen molar-refractivity contribution in [3.8, 4) is 0 Å². The van der Waals surface area contributed by atoms with Crippen LogP contribution < -0.4 is 0 Å². The molecule has 1 aromatic rings. The molecule has 2 fully saturated rings. The zero-order valence-electron chi connectivity index (χ0n) is 14.3. The molecule has 0 spiro atoms. The quantitative estimate of drug-likeness (QED) is 0.894. The standard InChI is InChI=1S/C19H25NO4/c1-13(2)20(18(23)24-12-14-6-4-3-5-7-14)19(17(21)22)11-15-8-9-16(19)10-15/h3-7,13,15-16H,8-12H2,1-2H3,(H,21,22). The third-order valence-electron chi connectivity index (χ3n) is 5.53. The Morgan fingerprint density at radius 1 is 1.29 bits per heavy atom. The zero-order chi connectivity index (χ0) is 17.3. The number of carboxylic acids is 1. The number of carbonyl (C=O) groups excluding carboxylic acids is 1. The summed E-state index contributed by atoms with van der Waals surface area (Å²) < 4.78 is 5.47. The number of benzene rings is 1. The van der Waals surface area contributed by atoms with Crippen LogP contribution in [0, 0.1) is 11.8 Å². The van der Waals surface area contributed by atoms with Gasteiger partial charge in [-0.1, -0.05) is 30.3 Å². The van der Waals surface area contributed by atoms with Gasteiger partial charge in [0.05, 0.1) is 0 Å². The number of hydrogen-bond donors (Lipinski definition) is 1. The van der Waals surface area contributed by atoms with Gasteiger partial charge < -0.3 is 9.84 Å². The molecule has 3 atom stereocenters. The molecule has 2 saturated carbocycles. The minimum Gasteiger partial charge on any atom is -0.479 e. The molecule has 0 aromatic heterocycles. The molecule has 1 aromatic carbocycles. The second kappa shape index (κ2) is 6.46. The highest BCUT2D eigenvalue weighted by molar-refractivity contribution is 5.85. The SMILES string of the molecule is CC(C)N(C(=O)OCc1ccccc1)C1(C(=O)O)CC2CCC1C2. The molecular formula is C19H25NO4. The topological polar surface area (TPSA) is 66.8 Å². The molecular weight excluding hydrogens is 306 g/mol. The number of amides is 1. The third-order valence-corrected chi connectivity index (χ3v) is 5.53. The molecule has 1 amide bonds. The van der Waals surface area contributed by atoms with Gasteiger partial charge in [-0.25, -0.2) is 9.59 Å². The predicted octanol–water partition coefficient (Wildman–Crippen LogP) is 3.68. The number of nitrogens with zero attached hydrogens (tertiary/aromatic N) is 1. The van der Waals surface area contributed by atoms with Crippen LogP contribution >= 0.6 is 0 Å². The Bertz CT molecular complexity index is 615. The summed E-state index contributed by atoms with van der Waals surface area (Å²) >= 11 is 0. The van der Waals surface area contributed by atoms with E-state index >= 15 is 0 Å². The van der Waals surface area contributed by atoms with Crippen molar-refractivity contribution in [3.63, 3.8) is 0 Å². The summed E-state index contributed by atoms with van der Waals surface area (Å²) in [6.07, 6.45) is 2.88. The first-order valence-corrected chi connectivity index (χ1v) is 8.68. The molecule has 3 rings (SSSR count). The van der Waals surface area contributed by atoms with Gasteiger partial charge in [-0.05, 0) is 56.9 Å². The molecule has 5 heteroatoms. The second-order valence-electron chi connectivity index (χ2n) is 7.31. The zero-order valence-corrected chi connectivity index (χ0v) is 14.3. The Hall–Kier alpha value is -2.04. The minimum absolute atomic E-state index is 0.0340. The molecule has 0 aliphatic heterocycles. The summed E-state index contributed by atoms with van der Waals surface area (Å²) in [6, 6.07) is 9.23. The van der Waals surface area contributed by atoms with Gasteiger partial charge >= 0.3 is 12.1 Å². The number of hydrogen-bond acceptors (Lipinski definition) is 3. The maximum absolute atomic E-state index is 12.8. The van der Waals surface area contributed by atoms with E-state index in [2.05, 4.69) is 0 Å². The van der Waals surface area contributed by atoms with Crippen LogP contribution in [0.1, 0.15) is 45.1 Å². The summed E-state index contributed by atoms with van der Waals surface area (Å²) in [4.78, 5) is 26.4. The van der Waals surface area contributed by atoms with Crippen LogP contribution in [0.15, 0.2) is 30.3 Å². The lowest BCUT2D eigenvalue weighted by Gasteiger charge is -2.45. The average molecular weight is 331 g/mol. The van der Waals surface area contributed by atoms with E-state index in [-0.39, 0.29) is 18.6 Å². The van der Waals surface area contributed by atoms with Crippen molar-refractivity contribution in [1.29, 1.82) is 0 Å². The highest BCUT2D eigenvalue weighted by Crippen LogP contribution is 2.54. The van der Waals surface area contributed by atoms with Crippen LogP contribution in [0.2, 0.25) is 0 Å². The van der Waals surface area contributed by atoms with Gasteiger partial charge in [0, 0.05) is 6.04 Å². The summed E-state index contributed by atoms with van der Waals surface area (Å²) in [5.41, 5.74) is -0.211. The maximum atomic E-state index is 12.8. The first kappa shape index (κ1) is 16.8. The van der Waals surface area contributed by atoms with Crippen LogP contribution in [0.4, 0.5) is 4.79 Å². The van der Waals surface area contributed by atoms with Crippen molar-refractivity contribution in [3.05, 3.63) is 35.9 Å². The van der Waals surface area contributed by atoms with Crippen LogP contribution in [0.25, 0.3) is 0 Å². The average Bonchev–Trinajstić information content (AvgIpc) is 3.15. The Balaban J connectivity index is 1.80. The van der Waals surface area contributed by atoms with Gasteiger partial charge in [-0.3, -0.25) is 4.90 Å². The summed E-state index contributed by atoms with van der Waals surface area (Å²) in [5, 5.41) is 9.99. The summed E-state index contributed by atoms with van der Waals surface area (Å²) in [7, 11) is 0. The Kier molecular flexibility index (Phi) is 4.52. The Morgan fingerprint density at radius 3 is 2.50 bits per heavy atom. The molecule has 2 bridgehead atoms. The molecule has 3 unspecified atom stereocenters. The molecule has 0 radical (unpaired) electrons. The fourth-order valence-corrected chi connectivity index (χ4v) is 4.58. The van der Waals surface area contributed by atoms with E-state index in [1.54, 1.807) is 0 Å². The van der Waals surface area contributed by atoms with E-state index < -0.39 is 17.6 Å². The van der Waals surface area contributed by atoms with Crippen molar-refractivity contribution in [2.24, 2.45) is 11.8 Å². The van der Waals surface area contributed by atoms with Crippen molar-refractivity contribution in [2.45, 2.75) is 57.7 Å². The van der Waals surface area contributed by atoms with E-state index in [4.69, 9.17) is 4.74 Å². The van der Waals surface area contributed by atoms with Crippen molar-refractivity contribution < 1.29 is 19.4 Å². The number of carboxylic acid groups (broad SMARTS) is 1. The summed E-state index contributed by atoms with van der Waals surface area (Å²) in [5.74, 6) is -0.444. The maximum Gasteiger partial charge on any atom is 0.411 e. The van der Waals surface area contributed by atoms with E-state index in [0.29, 0.717) is 12.3 Å². The van der Waals surface area contributed by atoms with Gasteiger partial charge in [0.15, 0.2) is 0 Å². The van der Waals surface area contributed by atoms with Crippen LogP contribution in [-0.2, 0) is 16.1 Å². The third kappa shape index (κ3) is 2.76. The molecule has 24 heavy (non-hydrogen) atoms. The highest BCUT2D eigenvalue weighted by atomic mass is 16.6. The predicted molar refractivity (Wildman–Crippen MR) is 89.4 cm³/mol. The Morgan fingerprint density at radius 2 is 2.00 bits per heavy atom. The molecule has 0 heterocycles. The molecule has 130 valence electrons. The lowest BCUT2D eigenvalue weighted by molar-refractivity contribution is -0.156. The van der Waals surface area contributed by atoms with Gasteiger partial charge in [0.25, 0.3) is 0 Å². The van der Waals surface area contributed by atoms with Crippen molar-refractivity contribution in [2.75, 3.05) is 0 Å². The molecule has 0 saturated heterocycles. The Labute approximate surface area is 142 Å². The fraction of sp³-hybridized carbons (Fsp3) is 0.579. The lowest BCUT2D eigenvalue weighted by atomic mass is 9.79. The lowest BCUT2D eigenvalue weighted by Crippen LogP contribution is -2.62. The largest absolute Gasteiger partial charge is 0.479 e. The number of fused-ring (bicyclic) bond motifs is 2. The van der Waals surface area contributed by atoms with E-state index in [0.717, 1.165) is 24.8 Å². The molecule has 1 N–H and O–H groups in total. The number of ether oxygens (including phenoxy) is 1. The monoisotopic (exact) mass is 331 g/mol. The highest BCUT2D eigenvalue weighted by Gasteiger charge is 2.61. The molecule has 2 aliphatic rings. The van der Waals surface area contributed by atoms with Crippen LogP contribution in [-0.4, -0.2) is 33.6 Å². The van der Waals surface area contributed by atoms with Gasteiger partial charge in [-0.15, -0.1) is 0 Å². The van der Waals surface area contributed by atoms with E-state index in [9.17, 15) is 14.7 Å². The van der Waals surface area contributed by atoms with Crippen LogP contribution in [0.3, 0.4) is 0 Å². The number of carbonyl (C=O) groups is 2. The van der Waals surface area contributed by atoms with Crippen molar-refractivity contribution >= 4 is 12.1 Å². The van der Waals surface area contributed by atoms with E-state index in [1.807, 2.05) is 44.2 Å². The molecule has 5 nitrogen and oxygen atoms in total. The second-order valence-corrected chi connectivity index (χ2v) is 7.31. The van der Waals surface area contributed by atoms with Gasteiger partial charge in [-0.2, -0.15) is 0 Å². The number of aliphatic carboxylic acids is 1. The molecule has 2 aliphatic carbocycles. The van der Waals surface area contributed by atoms with E-state index in [1.165, 1.54) is 4.90 Å².